The molecule has 0 aliphatic carbocycles. The van der Waals surface area contributed by atoms with Gasteiger partial charge in [0.2, 0.25) is 5.91 Å². The number of aromatic nitrogens is 1. The van der Waals surface area contributed by atoms with E-state index in [1.807, 2.05) is 24.3 Å². The summed E-state index contributed by atoms with van der Waals surface area (Å²) < 4.78 is 4.87. The zero-order chi connectivity index (χ0) is 17.8. The molecule has 0 bridgehead atoms. The lowest BCUT2D eigenvalue weighted by atomic mass is 10.1. The number of nitrogens with zero attached hydrogens (tertiary/aromatic N) is 1. The summed E-state index contributed by atoms with van der Waals surface area (Å²) in [4.78, 5) is 27.7. The Balaban J connectivity index is 2.05. The molecule has 3 aromatic rings. The van der Waals surface area contributed by atoms with Crippen LogP contribution in [0.25, 0.3) is 10.8 Å². The van der Waals surface area contributed by atoms with Crippen LogP contribution in [0.2, 0.25) is 0 Å². The number of methoxy groups -OCH3 is 1. The van der Waals surface area contributed by atoms with Crippen LogP contribution in [0.1, 0.15) is 17.3 Å². The van der Waals surface area contributed by atoms with Crippen LogP contribution in [0.4, 0.5) is 17.2 Å². The normalized spacial score (nSPS) is 10.3. The quantitative estimate of drug-likeness (QED) is 0.710. The molecule has 0 saturated heterocycles. The third-order valence-electron chi connectivity index (χ3n) is 3.64. The summed E-state index contributed by atoms with van der Waals surface area (Å²) in [5, 5.41) is 7.50. The molecule has 0 atom stereocenters. The van der Waals surface area contributed by atoms with Gasteiger partial charge < -0.3 is 15.4 Å². The second-order valence-electron chi connectivity index (χ2n) is 5.44. The van der Waals surface area contributed by atoms with Crippen molar-refractivity contribution in [2.24, 2.45) is 0 Å². The minimum absolute atomic E-state index is 0.145. The molecule has 1 heterocycles. The maximum absolute atomic E-state index is 12.1. The summed E-state index contributed by atoms with van der Waals surface area (Å²) in [7, 11) is 1.35. The number of ether oxygens (including phenoxy) is 1. The largest absolute Gasteiger partial charge is 0.465 e. The highest BCUT2D eigenvalue weighted by Crippen LogP contribution is 2.28. The van der Waals surface area contributed by atoms with Gasteiger partial charge in [-0.25, -0.2) is 9.78 Å². The topological polar surface area (TPSA) is 80.3 Å². The maximum atomic E-state index is 12.1. The minimum Gasteiger partial charge on any atom is -0.465 e. The van der Waals surface area contributed by atoms with E-state index in [2.05, 4.69) is 15.6 Å². The Morgan fingerprint density at radius 3 is 2.56 bits per heavy atom. The lowest BCUT2D eigenvalue weighted by Crippen LogP contribution is -2.06. The zero-order valence-electron chi connectivity index (χ0n) is 13.9. The van der Waals surface area contributed by atoms with Gasteiger partial charge >= 0.3 is 5.97 Å². The van der Waals surface area contributed by atoms with E-state index in [4.69, 9.17) is 4.74 Å². The molecule has 1 aromatic heterocycles. The van der Waals surface area contributed by atoms with Crippen LogP contribution in [0, 0.1) is 0 Å². The lowest BCUT2D eigenvalue weighted by Gasteiger charge is -2.12. The van der Waals surface area contributed by atoms with Gasteiger partial charge in [-0.05, 0) is 35.7 Å². The van der Waals surface area contributed by atoms with Crippen molar-refractivity contribution >= 4 is 39.8 Å². The smallest absolute Gasteiger partial charge is 0.338 e. The highest BCUT2D eigenvalue weighted by atomic mass is 16.5. The van der Waals surface area contributed by atoms with Crippen molar-refractivity contribution in [3.05, 3.63) is 60.3 Å². The van der Waals surface area contributed by atoms with E-state index in [0.29, 0.717) is 22.5 Å². The van der Waals surface area contributed by atoms with Crippen LogP contribution in [0.15, 0.2) is 54.7 Å². The summed E-state index contributed by atoms with van der Waals surface area (Å²) in [5.41, 5.74) is 1.85. The Kier molecular flexibility index (Phi) is 4.61. The van der Waals surface area contributed by atoms with E-state index in [1.165, 1.54) is 14.0 Å². The van der Waals surface area contributed by atoms with Crippen molar-refractivity contribution in [1.82, 2.24) is 4.98 Å². The second-order valence-corrected chi connectivity index (χ2v) is 5.44. The first-order chi connectivity index (χ1) is 12.1. The number of fused-ring (bicyclic) bond motifs is 1. The van der Waals surface area contributed by atoms with Crippen LogP contribution in [0.3, 0.4) is 0 Å². The van der Waals surface area contributed by atoms with Gasteiger partial charge in [0.1, 0.15) is 5.82 Å². The van der Waals surface area contributed by atoms with Gasteiger partial charge in [-0.1, -0.05) is 18.2 Å². The van der Waals surface area contributed by atoms with Crippen LogP contribution < -0.4 is 10.6 Å². The molecule has 2 N–H and O–H groups in total. The summed E-state index contributed by atoms with van der Waals surface area (Å²) in [6.07, 6.45) is 1.67. The Morgan fingerprint density at radius 2 is 1.80 bits per heavy atom. The first-order valence-electron chi connectivity index (χ1n) is 7.69. The van der Waals surface area contributed by atoms with Gasteiger partial charge in [0, 0.05) is 29.9 Å². The van der Waals surface area contributed by atoms with Crippen LogP contribution in [-0.2, 0) is 9.53 Å². The molecule has 1 amide bonds. The number of amides is 1. The van der Waals surface area contributed by atoms with Gasteiger partial charge in [0.15, 0.2) is 0 Å². The molecule has 0 spiro atoms. The number of rotatable bonds is 4. The van der Waals surface area contributed by atoms with Gasteiger partial charge in [0.25, 0.3) is 0 Å². The van der Waals surface area contributed by atoms with Crippen molar-refractivity contribution in [1.29, 1.82) is 0 Å². The lowest BCUT2D eigenvalue weighted by molar-refractivity contribution is -0.114. The highest BCUT2D eigenvalue weighted by molar-refractivity contribution is 6.09. The van der Waals surface area contributed by atoms with E-state index >= 15 is 0 Å². The number of hydrogen-bond donors (Lipinski definition) is 2. The molecule has 0 saturated carbocycles. The number of anilines is 3. The molecule has 2 aromatic carbocycles. The first-order valence-corrected chi connectivity index (χ1v) is 7.69. The van der Waals surface area contributed by atoms with Gasteiger partial charge in [-0.15, -0.1) is 0 Å². The Labute approximate surface area is 144 Å². The second kappa shape index (κ2) is 7.00. The van der Waals surface area contributed by atoms with Crippen LogP contribution in [0.5, 0.6) is 0 Å². The van der Waals surface area contributed by atoms with Crippen molar-refractivity contribution in [2.45, 2.75) is 6.92 Å². The average Bonchev–Trinajstić information content (AvgIpc) is 2.60. The molecule has 0 unspecified atom stereocenters. The molecular weight excluding hydrogens is 318 g/mol. The zero-order valence-corrected chi connectivity index (χ0v) is 13.9. The number of carbonyl (C=O) groups excluding carboxylic acids is 2. The fourth-order valence-electron chi connectivity index (χ4n) is 2.62. The molecule has 126 valence electrons. The van der Waals surface area contributed by atoms with Gasteiger partial charge in [-0.2, -0.15) is 0 Å². The highest BCUT2D eigenvalue weighted by Gasteiger charge is 2.14. The number of benzene rings is 2. The number of pyridine rings is 1. The summed E-state index contributed by atoms with van der Waals surface area (Å²) in [6.45, 7) is 1.45. The van der Waals surface area contributed by atoms with Crippen molar-refractivity contribution in [3.8, 4) is 0 Å². The maximum Gasteiger partial charge on any atom is 0.338 e. The van der Waals surface area contributed by atoms with E-state index in [0.717, 1.165) is 11.1 Å². The number of hydrogen-bond acceptors (Lipinski definition) is 5. The molecule has 0 radical (unpaired) electrons. The monoisotopic (exact) mass is 335 g/mol. The van der Waals surface area contributed by atoms with Crippen LogP contribution in [-0.4, -0.2) is 24.0 Å². The molecular formula is C19H17N3O3. The van der Waals surface area contributed by atoms with E-state index in [-0.39, 0.29) is 5.91 Å². The van der Waals surface area contributed by atoms with Crippen LogP contribution >= 0.6 is 0 Å². The first kappa shape index (κ1) is 16.4. The van der Waals surface area contributed by atoms with Crippen molar-refractivity contribution in [2.75, 3.05) is 17.7 Å². The molecule has 3 rings (SSSR count). The number of esters is 1. The van der Waals surface area contributed by atoms with Crippen molar-refractivity contribution < 1.29 is 14.3 Å². The molecule has 25 heavy (non-hydrogen) atoms. The number of carbonyl (C=O) groups is 2. The summed E-state index contributed by atoms with van der Waals surface area (Å²) in [6, 6.07) is 14.5. The third kappa shape index (κ3) is 3.58. The third-order valence-corrected chi connectivity index (χ3v) is 3.64. The fraction of sp³-hybridized carbons (Fsp3) is 0.105. The predicted octanol–water partition coefficient (Wildman–Crippen LogP) is 3.72. The molecule has 0 fully saturated rings. The van der Waals surface area contributed by atoms with E-state index < -0.39 is 5.97 Å². The fourth-order valence-corrected chi connectivity index (χ4v) is 2.62. The molecule has 6 nitrogen and oxygen atoms in total. The Morgan fingerprint density at radius 1 is 1.04 bits per heavy atom. The average molecular weight is 335 g/mol. The molecule has 6 heteroatoms. The van der Waals surface area contributed by atoms with Gasteiger partial charge in [-0.3, -0.25) is 4.79 Å². The van der Waals surface area contributed by atoms with E-state index in [1.54, 1.807) is 30.5 Å². The Bertz CT molecular complexity index is 948. The summed E-state index contributed by atoms with van der Waals surface area (Å²) >= 11 is 0. The SMILES string of the molecule is COC(=O)c1cccc2ccnc(Nc3cccc(NC(C)=O)c3)c12. The Hall–Kier alpha value is -3.41. The van der Waals surface area contributed by atoms with E-state index in [9.17, 15) is 9.59 Å². The van der Waals surface area contributed by atoms with Crippen molar-refractivity contribution in [3.63, 3.8) is 0 Å². The standard InChI is InChI=1S/C19H17N3O3/c1-12(23)21-14-6-4-7-15(11-14)22-18-17-13(9-10-20-18)5-3-8-16(17)19(24)25-2/h3-11H,1-2H3,(H,20,22)(H,21,23). The predicted molar refractivity (Wildman–Crippen MR) is 97.1 cm³/mol. The summed E-state index contributed by atoms with van der Waals surface area (Å²) in [5.74, 6) is -0.0273. The molecule has 0 aliphatic heterocycles. The number of nitrogens with one attached hydrogen (secondary N) is 2. The van der Waals surface area contributed by atoms with Gasteiger partial charge in [0.05, 0.1) is 12.7 Å². The minimum atomic E-state index is -0.423. The molecule has 0 aliphatic rings.